The zero-order valence-corrected chi connectivity index (χ0v) is 8.41. The molecule has 0 bridgehead atoms. The summed E-state index contributed by atoms with van der Waals surface area (Å²) in [7, 11) is -3.59. The summed E-state index contributed by atoms with van der Waals surface area (Å²) >= 11 is 0. The van der Waals surface area contributed by atoms with E-state index in [1.165, 1.54) is 0 Å². The fourth-order valence-electron chi connectivity index (χ4n) is 0.901. The Labute approximate surface area is 85.0 Å². The second-order valence-corrected chi connectivity index (χ2v) is 4.61. The molecule has 1 aromatic rings. The minimum atomic E-state index is -4.50. The van der Waals surface area contributed by atoms with Crippen molar-refractivity contribution >= 4 is 15.7 Å². The van der Waals surface area contributed by atoms with Gasteiger partial charge in [-0.3, -0.25) is 4.72 Å². The summed E-state index contributed by atoms with van der Waals surface area (Å²) in [5, 5.41) is 0. The van der Waals surface area contributed by atoms with Gasteiger partial charge in [0, 0.05) is 6.07 Å². The van der Waals surface area contributed by atoms with Crippen LogP contribution in [0.25, 0.3) is 0 Å². The molecule has 0 saturated heterocycles. The predicted molar refractivity (Wildman–Crippen MR) is 48.7 cm³/mol. The van der Waals surface area contributed by atoms with Gasteiger partial charge in [-0.15, -0.1) is 0 Å². The molecule has 3 nitrogen and oxygen atoms in total. The van der Waals surface area contributed by atoms with E-state index in [2.05, 4.69) is 6.07 Å². The Kier molecular flexibility index (Phi) is 2.94. The van der Waals surface area contributed by atoms with Gasteiger partial charge in [0.25, 0.3) is 0 Å². The van der Waals surface area contributed by atoms with Crippen LogP contribution < -0.4 is 4.72 Å². The maximum atomic E-state index is 12.2. The minimum absolute atomic E-state index is 0.229. The Morgan fingerprint density at radius 3 is 2.47 bits per heavy atom. The Hall–Kier alpha value is -1.24. The van der Waals surface area contributed by atoms with E-state index >= 15 is 0 Å². The van der Waals surface area contributed by atoms with Gasteiger partial charge in [0.2, 0.25) is 10.0 Å². The molecule has 1 radical (unpaired) electrons. The summed E-state index contributed by atoms with van der Waals surface area (Å²) in [4.78, 5) is 0. The number of anilines is 1. The highest BCUT2D eigenvalue weighted by atomic mass is 32.2. The number of hydrogen-bond donors (Lipinski definition) is 1. The minimum Gasteiger partial charge on any atom is -0.283 e. The molecular formula is C8H7F3NO2S. The third-order valence-corrected chi connectivity index (χ3v) is 2.01. The summed E-state index contributed by atoms with van der Waals surface area (Å²) in [5.41, 5.74) is -1.15. The number of rotatable bonds is 2. The molecule has 15 heavy (non-hydrogen) atoms. The van der Waals surface area contributed by atoms with Gasteiger partial charge < -0.3 is 0 Å². The summed E-state index contributed by atoms with van der Waals surface area (Å²) in [6, 6.07) is 4.85. The van der Waals surface area contributed by atoms with Gasteiger partial charge in [0.15, 0.2) is 0 Å². The van der Waals surface area contributed by atoms with E-state index in [1.54, 1.807) is 0 Å². The molecule has 1 aromatic carbocycles. The van der Waals surface area contributed by atoms with Gasteiger partial charge in [0.1, 0.15) is 0 Å². The van der Waals surface area contributed by atoms with Crippen LogP contribution >= 0.6 is 0 Å². The van der Waals surface area contributed by atoms with Crippen molar-refractivity contribution in [2.24, 2.45) is 0 Å². The van der Waals surface area contributed by atoms with Crippen LogP contribution in [0.4, 0.5) is 18.9 Å². The average Bonchev–Trinajstić information content (AvgIpc) is 1.99. The normalized spacial score (nSPS) is 12.5. The van der Waals surface area contributed by atoms with Crippen molar-refractivity contribution in [3.8, 4) is 0 Å². The lowest BCUT2D eigenvalue weighted by molar-refractivity contribution is -0.137. The topological polar surface area (TPSA) is 46.2 Å². The Bertz CT molecular complexity index is 453. The molecule has 0 spiro atoms. The number of sulfonamides is 1. The van der Waals surface area contributed by atoms with Gasteiger partial charge in [-0.05, 0) is 12.1 Å². The summed E-state index contributed by atoms with van der Waals surface area (Å²) in [5.74, 6) is 0. The highest BCUT2D eigenvalue weighted by molar-refractivity contribution is 7.92. The average molecular weight is 238 g/mol. The number of hydrogen-bond acceptors (Lipinski definition) is 2. The molecular weight excluding hydrogens is 231 g/mol. The van der Waals surface area contributed by atoms with Crippen LogP contribution in [-0.2, 0) is 16.2 Å². The monoisotopic (exact) mass is 238 g/mol. The molecule has 0 atom stereocenters. The number of nitrogens with one attached hydrogen (secondary N) is 1. The summed E-state index contributed by atoms with van der Waals surface area (Å²) in [6.07, 6.45) is -3.65. The van der Waals surface area contributed by atoms with Crippen LogP contribution in [0.15, 0.2) is 18.2 Å². The maximum absolute atomic E-state index is 12.2. The molecule has 1 rings (SSSR count). The first-order valence-corrected chi connectivity index (χ1v) is 5.64. The van der Waals surface area contributed by atoms with Crippen molar-refractivity contribution in [2.45, 2.75) is 6.18 Å². The Balaban J connectivity index is 3.04. The maximum Gasteiger partial charge on any atom is 0.416 e. The molecule has 0 unspecified atom stereocenters. The molecule has 83 valence electrons. The van der Waals surface area contributed by atoms with Crippen molar-refractivity contribution in [3.63, 3.8) is 0 Å². The first kappa shape index (κ1) is 11.8. The highest BCUT2D eigenvalue weighted by Crippen LogP contribution is 2.30. The van der Waals surface area contributed by atoms with E-state index in [0.29, 0.717) is 6.07 Å². The highest BCUT2D eigenvalue weighted by Gasteiger charge is 2.30. The predicted octanol–water partition coefficient (Wildman–Crippen LogP) is 1.88. The SMILES string of the molecule is CS(=O)(=O)Nc1[c]ccc(C(F)(F)F)c1. The van der Waals surface area contributed by atoms with Gasteiger partial charge >= 0.3 is 6.18 Å². The molecule has 1 N–H and O–H groups in total. The molecule has 0 saturated carbocycles. The van der Waals surface area contributed by atoms with Crippen LogP contribution in [0.2, 0.25) is 0 Å². The van der Waals surface area contributed by atoms with E-state index < -0.39 is 21.8 Å². The summed E-state index contributed by atoms with van der Waals surface area (Å²) in [6.45, 7) is 0. The fraction of sp³-hybridized carbons (Fsp3) is 0.250. The molecule has 0 aliphatic carbocycles. The van der Waals surface area contributed by atoms with Crippen LogP contribution in [0.5, 0.6) is 0 Å². The number of halogens is 3. The van der Waals surface area contributed by atoms with E-state index in [4.69, 9.17) is 0 Å². The number of benzene rings is 1. The molecule has 0 aromatic heterocycles. The van der Waals surface area contributed by atoms with Crippen LogP contribution in [-0.4, -0.2) is 14.7 Å². The molecule has 0 heterocycles. The quantitative estimate of drug-likeness (QED) is 0.855. The lowest BCUT2D eigenvalue weighted by Gasteiger charge is -2.08. The molecule has 0 aliphatic rings. The molecule has 7 heteroatoms. The van der Waals surface area contributed by atoms with E-state index in [1.807, 2.05) is 4.72 Å². The Morgan fingerprint density at radius 2 is 2.00 bits per heavy atom. The van der Waals surface area contributed by atoms with Crippen molar-refractivity contribution < 1.29 is 21.6 Å². The van der Waals surface area contributed by atoms with Crippen molar-refractivity contribution in [1.29, 1.82) is 0 Å². The van der Waals surface area contributed by atoms with Crippen LogP contribution in [0.3, 0.4) is 0 Å². The first-order chi connectivity index (χ1) is 6.68. The van der Waals surface area contributed by atoms with E-state index in [-0.39, 0.29) is 5.69 Å². The lowest BCUT2D eigenvalue weighted by atomic mass is 10.2. The van der Waals surface area contributed by atoms with Gasteiger partial charge in [-0.1, -0.05) is 6.07 Å². The largest absolute Gasteiger partial charge is 0.416 e. The Morgan fingerprint density at radius 1 is 1.40 bits per heavy atom. The first-order valence-electron chi connectivity index (χ1n) is 3.75. The van der Waals surface area contributed by atoms with Gasteiger partial charge in [0.05, 0.1) is 17.5 Å². The van der Waals surface area contributed by atoms with Crippen LogP contribution in [0.1, 0.15) is 5.56 Å². The van der Waals surface area contributed by atoms with E-state index in [9.17, 15) is 21.6 Å². The third kappa shape index (κ3) is 3.78. The van der Waals surface area contributed by atoms with Crippen molar-refractivity contribution in [3.05, 3.63) is 29.8 Å². The standard InChI is InChI=1S/C8H7F3NO2S/c1-15(13,14)12-7-4-2-3-6(5-7)8(9,10)11/h2-3,5,12H,1H3. The summed E-state index contributed by atoms with van der Waals surface area (Å²) < 4.78 is 60.0. The zero-order chi connectivity index (χ0) is 11.7. The second-order valence-electron chi connectivity index (χ2n) is 2.86. The van der Waals surface area contributed by atoms with Crippen molar-refractivity contribution in [1.82, 2.24) is 0 Å². The van der Waals surface area contributed by atoms with Crippen LogP contribution in [0, 0.1) is 6.07 Å². The van der Waals surface area contributed by atoms with Crippen molar-refractivity contribution in [2.75, 3.05) is 11.0 Å². The lowest BCUT2D eigenvalue weighted by Crippen LogP contribution is -2.11. The molecule has 0 aliphatic heterocycles. The zero-order valence-electron chi connectivity index (χ0n) is 7.59. The second kappa shape index (κ2) is 3.73. The smallest absolute Gasteiger partial charge is 0.283 e. The van der Waals surface area contributed by atoms with Gasteiger partial charge in [-0.2, -0.15) is 13.2 Å². The fourth-order valence-corrected chi connectivity index (χ4v) is 1.42. The third-order valence-electron chi connectivity index (χ3n) is 1.42. The van der Waals surface area contributed by atoms with Gasteiger partial charge in [-0.25, -0.2) is 8.42 Å². The molecule has 0 amide bonds. The number of alkyl halides is 3. The van der Waals surface area contributed by atoms with E-state index in [0.717, 1.165) is 18.4 Å². The molecule has 0 fully saturated rings.